The maximum Gasteiger partial charge on any atom is 0.0599 e. The highest BCUT2D eigenvalue weighted by Gasteiger charge is 1.88. The second-order valence-electron chi connectivity index (χ2n) is 3.28. The normalized spacial score (nSPS) is 10.0. The summed E-state index contributed by atoms with van der Waals surface area (Å²) in [5, 5.41) is 0. The van der Waals surface area contributed by atoms with Gasteiger partial charge in [0, 0.05) is 6.42 Å². The van der Waals surface area contributed by atoms with Crippen LogP contribution < -0.4 is 0 Å². The zero-order valence-corrected chi connectivity index (χ0v) is 8.15. The molecule has 64 valence electrons. The Hall–Kier alpha value is -0.480. The van der Waals surface area contributed by atoms with E-state index in [1.54, 1.807) is 0 Å². The third-order valence-electron chi connectivity index (χ3n) is 1.52. The van der Waals surface area contributed by atoms with Crippen LogP contribution in [0.5, 0.6) is 0 Å². The predicted octanol–water partition coefficient (Wildman–Crippen LogP) is 1.99. The molecule has 0 aromatic heterocycles. The predicted molar refractivity (Wildman–Crippen MR) is 50.4 cm³/mol. The summed E-state index contributed by atoms with van der Waals surface area (Å²) < 4.78 is 0. The van der Waals surface area contributed by atoms with Gasteiger partial charge in [0.15, 0.2) is 0 Å². The molecule has 0 atom stereocenters. The molecule has 0 aliphatic heterocycles. The Balaban J connectivity index is 3.40. The van der Waals surface area contributed by atoms with Crippen LogP contribution in [0, 0.1) is 17.8 Å². The van der Waals surface area contributed by atoms with E-state index < -0.39 is 0 Å². The summed E-state index contributed by atoms with van der Waals surface area (Å²) >= 11 is 0. The lowest BCUT2D eigenvalue weighted by Gasteiger charge is -2.07. The molecule has 0 fully saturated rings. The van der Waals surface area contributed by atoms with Crippen LogP contribution in [0.3, 0.4) is 0 Å². The van der Waals surface area contributed by atoms with Crippen LogP contribution >= 0.6 is 0 Å². The van der Waals surface area contributed by atoms with Gasteiger partial charge < -0.3 is 0 Å². The summed E-state index contributed by atoms with van der Waals surface area (Å²) in [6, 6.07) is 0. The van der Waals surface area contributed by atoms with Gasteiger partial charge in [0.1, 0.15) is 0 Å². The Bertz CT molecular complexity index is 139. The number of hydrogen-bond donors (Lipinski definition) is 0. The van der Waals surface area contributed by atoms with Gasteiger partial charge in [-0.05, 0) is 19.5 Å². The minimum Gasteiger partial charge on any atom is -0.296 e. The molecule has 0 bridgehead atoms. The van der Waals surface area contributed by atoms with Crippen LogP contribution in [-0.2, 0) is 0 Å². The van der Waals surface area contributed by atoms with E-state index in [4.69, 9.17) is 0 Å². The van der Waals surface area contributed by atoms with Crippen LogP contribution in [0.4, 0.5) is 0 Å². The Kier molecular flexibility index (Phi) is 5.97. The lowest BCUT2D eigenvalue weighted by Crippen LogP contribution is -2.17. The topological polar surface area (TPSA) is 3.24 Å². The van der Waals surface area contributed by atoms with Gasteiger partial charge in [0.2, 0.25) is 0 Å². The quantitative estimate of drug-likeness (QED) is 0.560. The summed E-state index contributed by atoms with van der Waals surface area (Å²) in [6.07, 6.45) is 1.03. The molecule has 0 radical (unpaired) electrons. The highest BCUT2D eigenvalue weighted by Crippen LogP contribution is 1.95. The summed E-state index contributed by atoms with van der Waals surface area (Å²) in [5.41, 5.74) is 0. The van der Waals surface area contributed by atoms with E-state index >= 15 is 0 Å². The van der Waals surface area contributed by atoms with Crippen molar-refractivity contribution < 1.29 is 0 Å². The van der Waals surface area contributed by atoms with Gasteiger partial charge in [-0.1, -0.05) is 26.7 Å². The van der Waals surface area contributed by atoms with Gasteiger partial charge >= 0.3 is 0 Å². The van der Waals surface area contributed by atoms with Crippen molar-refractivity contribution in [1.82, 2.24) is 4.90 Å². The molecule has 0 aromatic carbocycles. The van der Waals surface area contributed by atoms with Crippen molar-refractivity contribution in [2.75, 3.05) is 20.1 Å². The Labute approximate surface area is 70.8 Å². The molecule has 0 saturated carbocycles. The minimum absolute atomic E-state index is 0.703. The molecule has 0 amide bonds. The van der Waals surface area contributed by atoms with Crippen LogP contribution in [0.1, 0.15) is 27.2 Å². The monoisotopic (exact) mass is 153 g/mol. The molecule has 0 spiro atoms. The van der Waals surface area contributed by atoms with E-state index in [-0.39, 0.29) is 0 Å². The number of rotatable bonds is 3. The van der Waals surface area contributed by atoms with Gasteiger partial charge in [-0.3, -0.25) is 4.90 Å². The Morgan fingerprint density at radius 3 is 2.36 bits per heavy atom. The molecule has 11 heavy (non-hydrogen) atoms. The van der Waals surface area contributed by atoms with Gasteiger partial charge in [0.05, 0.1) is 6.54 Å². The standard InChI is InChI=1S/C10H19N/c1-5-11(4)9-7-6-8-10(2)3/h10H,5,8-9H2,1-4H3. The van der Waals surface area contributed by atoms with Crippen molar-refractivity contribution in [2.45, 2.75) is 27.2 Å². The summed E-state index contributed by atoms with van der Waals surface area (Å²) in [6.45, 7) is 8.51. The zero-order chi connectivity index (χ0) is 8.69. The Morgan fingerprint density at radius 1 is 1.27 bits per heavy atom. The van der Waals surface area contributed by atoms with E-state index in [2.05, 4.69) is 44.6 Å². The smallest absolute Gasteiger partial charge is 0.0599 e. The molecule has 0 rings (SSSR count). The van der Waals surface area contributed by atoms with Crippen LogP contribution in [0.25, 0.3) is 0 Å². The molecule has 0 heterocycles. The lowest BCUT2D eigenvalue weighted by atomic mass is 10.1. The highest BCUT2D eigenvalue weighted by atomic mass is 15.1. The second-order valence-corrected chi connectivity index (χ2v) is 3.28. The van der Waals surface area contributed by atoms with Gasteiger partial charge in [0.25, 0.3) is 0 Å². The van der Waals surface area contributed by atoms with Crippen LogP contribution in [0.2, 0.25) is 0 Å². The zero-order valence-electron chi connectivity index (χ0n) is 8.15. The Morgan fingerprint density at radius 2 is 1.91 bits per heavy atom. The largest absolute Gasteiger partial charge is 0.296 e. The number of nitrogens with zero attached hydrogens (tertiary/aromatic N) is 1. The average Bonchev–Trinajstić information content (AvgIpc) is 1.97. The molecular formula is C10H19N. The molecule has 0 aliphatic rings. The molecule has 0 aliphatic carbocycles. The first-order valence-electron chi connectivity index (χ1n) is 4.31. The minimum atomic E-state index is 0.703. The second kappa shape index (κ2) is 6.24. The maximum atomic E-state index is 3.16. The van der Waals surface area contributed by atoms with E-state index in [1.165, 1.54) is 0 Å². The van der Waals surface area contributed by atoms with E-state index in [1.807, 2.05) is 0 Å². The first-order chi connectivity index (χ1) is 5.16. The third kappa shape index (κ3) is 7.42. The molecular weight excluding hydrogens is 134 g/mol. The van der Waals surface area contributed by atoms with Crippen LogP contribution in [0.15, 0.2) is 0 Å². The molecule has 1 nitrogen and oxygen atoms in total. The SMILES string of the molecule is CCN(C)CC#CCC(C)C. The molecule has 0 aromatic rings. The van der Waals surface area contributed by atoms with Crippen molar-refractivity contribution in [3.8, 4) is 11.8 Å². The summed E-state index contributed by atoms with van der Waals surface area (Å²) in [5.74, 6) is 7.00. The molecule has 0 unspecified atom stereocenters. The van der Waals surface area contributed by atoms with Crippen molar-refractivity contribution >= 4 is 0 Å². The highest BCUT2D eigenvalue weighted by molar-refractivity contribution is 5.01. The van der Waals surface area contributed by atoms with Gasteiger partial charge in [-0.15, -0.1) is 5.92 Å². The number of hydrogen-bond acceptors (Lipinski definition) is 1. The lowest BCUT2D eigenvalue weighted by molar-refractivity contribution is 0.398. The van der Waals surface area contributed by atoms with E-state index in [0.717, 1.165) is 19.5 Å². The van der Waals surface area contributed by atoms with Crippen LogP contribution in [-0.4, -0.2) is 25.0 Å². The fraction of sp³-hybridized carbons (Fsp3) is 0.800. The maximum absolute atomic E-state index is 3.16. The molecule has 0 N–H and O–H groups in total. The molecule has 1 heteroatoms. The fourth-order valence-electron chi connectivity index (χ4n) is 0.579. The van der Waals surface area contributed by atoms with Crippen molar-refractivity contribution in [1.29, 1.82) is 0 Å². The van der Waals surface area contributed by atoms with Gasteiger partial charge in [-0.25, -0.2) is 0 Å². The van der Waals surface area contributed by atoms with Crippen molar-refractivity contribution in [2.24, 2.45) is 5.92 Å². The van der Waals surface area contributed by atoms with E-state index in [9.17, 15) is 0 Å². The third-order valence-corrected chi connectivity index (χ3v) is 1.52. The average molecular weight is 153 g/mol. The summed E-state index contributed by atoms with van der Waals surface area (Å²) in [4.78, 5) is 2.20. The first kappa shape index (κ1) is 10.5. The fourth-order valence-corrected chi connectivity index (χ4v) is 0.579. The first-order valence-corrected chi connectivity index (χ1v) is 4.31. The van der Waals surface area contributed by atoms with Gasteiger partial charge in [-0.2, -0.15) is 0 Å². The van der Waals surface area contributed by atoms with Crippen molar-refractivity contribution in [3.63, 3.8) is 0 Å². The van der Waals surface area contributed by atoms with E-state index in [0.29, 0.717) is 5.92 Å². The summed E-state index contributed by atoms with van der Waals surface area (Å²) in [7, 11) is 2.09. The van der Waals surface area contributed by atoms with Crippen molar-refractivity contribution in [3.05, 3.63) is 0 Å². The molecule has 0 saturated heterocycles.